The number of rotatable bonds is 7. The van der Waals surface area contributed by atoms with E-state index in [-0.39, 0.29) is 17.9 Å². The van der Waals surface area contributed by atoms with Crippen molar-refractivity contribution in [1.82, 2.24) is 9.88 Å². The molecule has 1 N–H and O–H groups in total. The molecule has 0 aliphatic carbocycles. The van der Waals surface area contributed by atoms with E-state index >= 15 is 0 Å². The fraction of sp³-hybridized carbons (Fsp3) is 0.0645. The summed E-state index contributed by atoms with van der Waals surface area (Å²) < 4.78 is 11.8. The third-order valence-electron chi connectivity index (χ3n) is 6.43. The molecule has 38 heavy (non-hydrogen) atoms. The van der Waals surface area contributed by atoms with Crippen molar-refractivity contribution in [1.29, 1.82) is 0 Å². The third-order valence-corrected chi connectivity index (χ3v) is 6.43. The number of carbonyl (C=O) groups is 2. The zero-order chi connectivity index (χ0) is 26.1. The van der Waals surface area contributed by atoms with Crippen LogP contribution in [0.3, 0.4) is 0 Å². The van der Waals surface area contributed by atoms with Crippen LogP contribution in [-0.2, 0) is 11.3 Å². The average molecular weight is 503 g/mol. The number of hydrogen-bond acceptors (Lipinski definition) is 6. The Kier molecular flexibility index (Phi) is 5.94. The van der Waals surface area contributed by atoms with Crippen molar-refractivity contribution in [3.05, 3.63) is 138 Å². The summed E-state index contributed by atoms with van der Waals surface area (Å²) in [5.41, 5.74) is 1.86. The van der Waals surface area contributed by atoms with Crippen LogP contribution in [0.15, 0.2) is 125 Å². The van der Waals surface area contributed by atoms with Gasteiger partial charge in [-0.05, 0) is 53.6 Å². The predicted molar refractivity (Wildman–Crippen MR) is 141 cm³/mol. The second-order valence-corrected chi connectivity index (χ2v) is 8.92. The molecule has 0 saturated heterocycles. The summed E-state index contributed by atoms with van der Waals surface area (Å²) in [6.07, 6.45) is 3.29. The van der Waals surface area contributed by atoms with Gasteiger partial charge < -0.3 is 19.2 Å². The number of benzene rings is 3. The smallest absolute Gasteiger partial charge is 0.290 e. The van der Waals surface area contributed by atoms with Gasteiger partial charge in [-0.1, -0.05) is 54.6 Å². The van der Waals surface area contributed by atoms with Crippen molar-refractivity contribution in [2.45, 2.75) is 12.6 Å². The van der Waals surface area contributed by atoms with E-state index in [1.807, 2.05) is 54.6 Å². The van der Waals surface area contributed by atoms with E-state index in [9.17, 15) is 14.7 Å². The van der Waals surface area contributed by atoms with Crippen LogP contribution in [-0.4, -0.2) is 26.7 Å². The zero-order valence-corrected chi connectivity index (χ0v) is 20.2. The maximum atomic E-state index is 13.8. The molecule has 1 unspecified atom stereocenters. The van der Waals surface area contributed by atoms with Gasteiger partial charge in [-0.15, -0.1) is 0 Å². The minimum Gasteiger partial charge on any atom is -0.503 e. The minimum absolute atomic E-state index is 0.0465. The number of aliphatic hydroxyl groups is 1. The normalized spacial score (nSPS) is 15.3. The first kappa shape index (κ1) is 23.2. The van der Waals surface area contributed by atoms with Crippen LogP contribution < -0.4 is 4.74 Å². The number of fused-ring (bicyclic) bond motifs is 1. The summed E-state index contributed by atoms with van der Waals surface area (Å²) in [4.78, 5) is 32.8. The van der Waals surface area contributed by atoms with Crippen molar-refractivity contribution >= 4 is 22.7 Å². The molecule has 1 aliphatic heterocycles. The summed E-state index contributed by atoms with van der Waals surface area (Å²) in [5.74, 6) is -0.572. The second kappa shape index (κ2) is 9.71. The Morgan fingerprint density at radius 1 is 0.921 bits per heavy atom. The monoisotopic (exact) mass is 502 g/mol. The fourth-order valence-corrected chi connectivity index (χ4v) is 4.68. The highest BCUT2D eigenvalue weighted by Gasteiger charge is 2.44. The van der Waals surface area contributed by atoms with Gasteiger partial charge in [0.1, 0.15) is 17.1 Å². The van der Waals surface area contributed by atoms with Gasteiger partial charge in [-0.25, -0.2) is 0 Å². The molecule has 0 fully saturated rings. The molecule has 3 aromatic carbocycles. The molecule has 0 saturated carbocycles. The van der Waals surface area contributed by atoms with E-state index < -0.39 is 23.5 Å². The lowest BCUT2D eigenvalue weighted by atomic mass is 9.94. The SMILES string of the molecule is O=C(C1=C(O)C(=O)N(Cc2cccnc2)C1c1cccc(Oc2ccccc2)c1)c1cc2ccccc2o1. The van der Waals surface area contributed by atoms with Crippen LogP contribution >= 0.6 is 0 Å². The fourth-order valence-electron chi connectivity index (χ4n) is 4.68. The van der Waals surface area contributed by atoms with Crippen molar-refractivity contribution < 1.29 is 23.8 Å². The van der Waals surface area contributed by atoms with E-state index in [0.29, 0.717) is 22.6 Å². The van der Waals surface area contributed by atoms with Crippen LogP contribution in [0.4, 0.5) is 0 Å². The molecule has 1 atom stereocenters. The standard InChI is InChI=1S/C31H22N2O5/c34-29(26-17-21-9-4-5-14-25(21)38-26)27-28(33(31(36)30(27)35)19-20-8-7-15-32-18-20)22-10-6-13-24(16-22)37-23-11-2-1-3-12-23/h1-18,28,35H,19H2. The maximum Gasteiger partial charge on any atom is 0.290 e. The average Bonchev–Trinajstić information content (AvgIpc) is 3.49. The van der Waals surface area contributed by atoms with Crippen LogP contribution in [0.25, 0.3) is 11.0 Å². The highest BCUT2D eigenvalue weighted by molar-refractivity contribution is 6.16. The highest BCUT2D eigenvalue weighted by Crippen LogP contribution is 2.41. The number of hydrogen-bond donors (Lipinski definition) is 1. The lowest BCUT2D eigenvalue weighted by Crippen LogP contribution is -2.30. The maximum absolute atomic E-state index is 13.8. The van der Waals surface area contributed by atoms with Gasteiger partial charge >= 0.3 is 0 Å². The van der Waals surface area contributed by atoms with E-state index in [4.69, 9.17) is 9.15 Å². The van der Waals surface area contributed by atoms with E-state index in [1.54, 1.807) is 54.9 Å². The third kappa shape index (κ3) is 4.30. The van der Waals surface area contributed by atoms with Crippen LogP contribution in [0.1, 0.15) is 27.7 Å². The Labute approximate surface area is 218 Å². The number of nitrogens with zero attached hydrogens (tertiary/aromatic N) is 2. The quantitative estimate of drug-likeness (QED) is 0.259. The number of pyridine rings is 1. The minimum atomic E-state index is -0.872. The molecule has 1 aliphatic rings. The van der Waals surface area contributed by atoms with Gasteiger partial charge in [0.2, 0.25) is 5.78 Å². The topological polar surface area (TPSA) is 92.9 Å². The lowest BCUT2D eigenvalue weighted by molar-refractivity contribution is -0.130. The Morgan fingerprint density at radius 2 is 1.71 bits per heavy atom. The summed E-state index contributed by atoms with van der Waals surface area (Å²) in [5, 5.41) is 11.8. The zero-order valence-electron chi connectivity index (χ0n) is 20.2. The Bertz CT molecular complexity index is 1640. The van der Waals surface area contributed by atoms with Crippen LogP contribution in [0, 0.1) is 0 Å². The lowest BCUT2D eigenvalue weighted by Gasteiger charge is -2.27. The largest absolute Gasteiger partial charge is 0.503 e. The Hall–Kier alpha value is -5.17. The molecule has 7 nitrogen and oxygen atoms in total. The molecule has 0 spiro atoms. The van der Waals surface area contributed by atoms with Gasteiger partial charge in [-0.2, -0.15) is 0 Å². The molecule has 0 radical (unpaired) electrons. The molecule has 1 amide bonds. The number of furan rings is 1. The first-order chi connectivity index (χ1) is 18.6. The highest BCUT2D eigenvalue weighted by atomic mass is 16.5. The number of aromatic nitrogens is 1. The van der Waals surface area contributed by atoms with Crippen molar-refractivity contribution in [3.8, 4) is 11.5 Å². The molecule has 186 valence electrons. The van der Waals surface area contributed by atoms with Gasteiger partial charge in [0.15, 0.2) is 11.5 Å². The summed E-state index contributed by atoms with van der Waals surface area (Å²) in [6, 6.07) is 28.1. The Morgan fingerprint density at radius 3 is 2.50 bits per heavy atom. The summed E-state index contributed by atoms with van der Waals surface area (Å²) in [7, 11) is 0. The summed E-state index contributed by atoms with van der Waals surface area (Å²) in [6.45, 7) is 0.141. The molecule has 2 aromatic heterocycles. The van der Waals surface area contributed by atoms with Crippen molar-refractivity contribution in [2.75, 3.05) is 0 Å². The molecule has 0 bridgehead atoms. The second-order valence-electron chi connectivity index (χ2n) is 8.92. The van der Waals surface area contributed by atoms with E-state index in [2.05, 4.69) is 4.98 Å². The van der Waals surface area contributed by atoms with Crippen molar-refractivity contribution in [2.24, 2.45) is 0 Å². The van der Waals surface area contributed by atoms with Gasteiger partial charge in [-0.3, -0.25) is 14.6 Å². The number of ketones is 1. The number of ether oxygens (including phenoxy) is 1. The number of aliphatic hydroxyl groups excluding tert-OH is 1. The molecular weight excluding hydrogens is 480 g/mol. The first-order valence-electron chi connectivity index (χ1n) is 12.1. The van der Waals surface area contributed by atoms with E-state index in [1.165, 1.54) is 4.90 Å². The molecule has 7 heteroatoms. The predicted octanol–water partition coefficient (Wildman–Crippen LogP) is 6.40. The summed E-state index contributed by atoms with van der Waals surface area (Å²) >= 11 is 0. The van der Waals surface area contributed by atoms with Gasteiger partial charge in [0.25, 0.3) is 5.91 Å². The molecule has 6 rings (SSSR count). The number of carbonyl (C=O) groups excluding carboxylic acids is 2. The molecule has 5 aromatic rings. The molecule has 3 heterocycles. The number of amides is 1. The Balaban J connectivity index is 1.43. The van der Waals surface area contributed by atoms with Gasteiger partial charge in [0, 0.05) is 24.3 Å². The van der Waals surface area contributed by atoms with Crippen LogP contribution in [0.2, 0.25) is 0 Å². The van der Waals surface area contributed by atoms with E-state index in [0.717, 1.165) is 10.9 Å². The first-order valence-corrected chi connectivity index (χ1v) is 12.1. The van der Waals surface area contributed by atoms with Crippen molar-refractivity contribution in [3.63, 3.8) is 0 Å². The number of Topliss-reactive ketones (excluding diaryl/α,β-unsaturated/α-hetero) is 1. The van der Waals surface area contributed by atoms with Crippen LogP contribution in [0.5, 0.6) is 11.5 Å². The number of para-hydroxylation sites is 2. The molecular formula is C31H22N2O5. The van der Waals surface area contributed by atoms with Gasteiger partial charge in [0.05, 0.1) is 11.6 Å².